The summed E-state index contributed by atoms with van der Waals surface area (Å²) in [5.74, 6) is 2.18. The number of nitrogens with one attached hydrogen (secondary N) is 2. The molecule has 43 heavy (non-hydrogen) atoms. The molecule has 4 aromatic rings. The fraction of sp³-hybridized carbons (Fsp3) is 0.343. The Hall–Kier alpha value is -4.27. The van der Waals surface area contributed by atoms with Gasteiger partial charge in [0.1, 0.15) is 23.4 Å². The minimum atomic E-state index is -0.144. The average molecular weight is 579 g/mol. The van der Waals surface area contributed by atoms with E-state index in [9.17, 15) is 9.90 Å². The van der Waals surface area contributed by atoms with Gasteiger partial charge in [-0.1, -0.05) is 36.4 Å². The van der Waals surface area contributed by atoms with E-state index in [4.69, 9.17) is 9.47 Å². The Morgan fingerprint density at radius 3 is 2.70 bits per heavy atom. The maximum atomic E-state index is 11.9. The maximum absolute atomic E-state index is 11.9. The molecule has 2 saturated heterocycles. The van der Waals surface area contributed by atoms with E-state index >= 15 is 0 Å². The molecule has 3 aliphatic rings. The minimum absolute atomic E-state index is 0.0994. The number of hydrogen-bond acceptors (Lipinski definition) is 7. The van der Waals surface area contributed by atoms with Gasteiger partial charge >= 0.3 is 0 Å². The third-order valence-corrected chi connectivity index (χ3v) is 8.96. The normalized spacial score (nSPS) is 18.9. The number of anilines is 2. The molecule has 0 aliphatic carbocycles. The fourth-order valence-corrected chi connectivity index (χ4v) is 6.58. The number of nitrogens with zero attached hydrogens (tertiary/aromatic N) is 2. The summed E-state index contributed by atoms with van der Waals surface area (Å²) in [6.07, 6.45) is 5.42. The number of H-pyrrole nitrogens is 1. The van der Waals surface area contributed by atoms with Crippen molar-refractivity contribution in [3.05, 3.63) is 112 Å². The number of para-hydroxylation sites is 2. The number of rotatable bonds is 7. The molecule has 3 aliphatic heterocycles. The monoisotopic (exact) mass is 578 g/mol. The van der Waals surface area contributed by atoms with Crippen LogP contribution in [0.2, 0.25) is 0 Å². The zero-order valence-electron chi connectivity index (χ0n) is 24.3. The Bertz CT molecular complexity index is 1650. The van der Waals surface area contributed by atoms with Gasteiger partial charge in [0.2, 0.25) is 5.56 Å². The zero-order valence-corrected chi connectivity index (χ0v) is 24.3. The van der Waals surface area contributed by atoms with Gasteiger partial charge in [-0.05, 0) is 60.7 Å². The summed E-state index contributed by atoms with van der Waals surface area (Å²) in [6.45, 7) is 5.06. The summed E-state index contributed by atoms with van der Waals surface area (Å²) in [4.78, 5) is 19.3. The van der Waals surface area contributed by atoms with Crippen LogP contribution in [0.1, 0.15) is 41.2 Å². The molecule has 1 aromatic heterocycles. The Labute approximate surface area is 251 Å². The number of hydrogen-bond donors (Lipinski definition) is 3. The molecule has 222 valence electrons. The number of aromatic amines is 1. The summed E-state index contributed by atoms with van der Waals surface area (Å²) in [5.41, 5.74) is 6.36. The molecule has 3 aromatic carbocycles. The van der Waals surface area contributed by atoms with Gasteiger partial charge in [-0.15, -0.1) is 0 Å². The molecule has 0 bridgehead atoms. The number of morpholine rings is 1. The van der Waals surface area contributed by atoms with Crippen molar-refractivity contribution in [1.82, 2.24) is 9.88 Å². The number of fused-ring (bicyclic) bond motifs is 2. The maximum Gasteiger partial charge on any atom is 0.249 e. The van der Waals surface area contributed by atoms with E-state index in [1.165, 1.54) is 5.56 Å². The number of aromatic hydroxyl groups is 1. The fourth-order valence-electron chi connectivity index (χ4n) is 6.58. The van der Waals surface area contributed by atoms with Crippen molar-refractivity contribution >= 4 is 11.4 Å². The lowest BCUT2D eigenvalue weighted by molar-refractivity contribution is 0.0384. The molecule has 0 amide bonds. The topological polar surface area (TPSA) is 90.1 Å². The van der Waals surface area contributed by atoms with Crippen molar-refractivity contribution in [2.45, 2.75) is 37.8 Å². The molecule has 3 N–H and O–H groups in total. The highest BCUT2D eigenvalue weighted by molar-refractivity contribution is 5.59. The Kier molecular flexibility index (Phi) is 7.79. The first kappa shape index (κ1) is 27.6. The zero-order chi connectivity index (χ0) is 29.2. The molecule has 7 rings (SSSR count). The van der Waals surface area contributed by atoms with Gasteiger partial charge in [-0.25, -0.2) is 0 Å². The van der Waals surface area contributed by atoms with Gasteiger partial charge < -0.3 is 34.7 Å². The minimum Gasteiger partial charge on any atom is -0.508 e. The summed E-state index contributed by atoms with van der Waals surface area (Å²) in [6, 6.07) is 24.4. The van der Waals surface area contributed by atoms with Gasteiger partial charge in [0, 0.05) is 80.0 Å². The number of ether oxygens (including phenoxy) is 2. The van der Waals surface area contributed by atoms with Crippen LogP contribution in [0.5, 0.6) is 17.2 Å². The predicted molar refractivity (Wildman–Crippen MR) is 169 cm³/mol. The number of benzene rings is 3. The predicted octanol–water partition coefficient (Wildman–Crippen LogP) is 5.47. The number of likely N-dealkylation sites (tertiary alicyclic amines) is 1. The van der Waals surface area contributed by atoms with Gasteiger partial charge in [-0.2, -0.15) is 0 Å². The summed E-state index contributed by atoms with van der Waals surface area (Å²) < 4.78 is 12.8. The van der Waals surface area contributed by atoms with Crippen molar-refractivity contribution in [1.29, 1.82) is 0 Å². The van der Waals surface area contributed by atoms with Crippen molar-refractivity contribution in [3.63, 3.8) is 0 Å². The van der Waals surface area contributed by atoms with Crippen LogP contribution in [0.3, 0.4) is 0 Å². The van der Waals surface area contributed by atoms with Crippen LogP contribution in [0, 0.1) is 0 Å². The summed E-state index contributed by atoms with van der Waals surface area (Å²) >= 11 is 0. The highest BCUT2D eigenvalue weighted by Crippen LogP contribution is 2.43. The molecule has 0 radical (unpaired) electrons. The van der Waals surface area contributed by atoms with Gasteiger partial charge in [-0.3, -0.25) is 4.79 Å². The number of phenolic OH excluding ortho intramolecular Hbond substituents is 1. The van der Waals surface area contributed by atoms with Crippen molar-refractivity contribution in [2.24, 2.45) is 0 Å². The van der Waals surface area contributed by atoms with Crippen LogP contribution in [0.15, 0.2) is 83.8 Å². The molecule has 1 atom stereocenters. The van der Waals surface area contributed by atoms with E-state index in [1.54, 1.807) is 18.3 Å². The second-order valence-electron chi connectivity index (χ2n) is 11.8. The second kappa shape index (κ2) is 12.1. The van der Waals surface area contributed by atoms with Gasteiger partial charge in [0.15, 0.2) is 0 Å². The van der Waals surface area contributed by atoms with Crippen LogP contribution in [-0.4, -0.2) is 60.4 Å². The largest absolute Gasteiger partial charge is 0.508 e. The molecule has 0 spiro atoms. The van der Waals surface area contributed by atoms with Crippen LogP contribution in [0.4, 0.5) is 11.4 Å². The van der Waals surface area contributed by atoms with Crippen LogP contribution < -0.4 is 20.5 Å². The molecule has 4 heterocycles. The molecule has 1 unspecified atom stereocenters. The molecular formula is C35H38N4O4. The SMILES string of the molecule is O=c1cc(N2CCOC(c3cccc4c3Oc3ccc(NC5CCN(CCc6ccccc6O)CC5)cc3C4)C2)cc[nH]1. The van der Waals surface area contributed by atoms with Crippen molar-refractivity contribution in [2.75, 3.05) is 49.5 Å². The molecule has 0 saturated carbocycles. The van der Waals surface area contributed by atoms with Crippen molar-refractivity contribution < 1.29 is 14.6 Å². The number of phenols is 1. The van der Waals surface area contributed by atoms with Gasteiger partial charge in [0.05, 0.1) is 6.61 Å². The van der Waals surface area contributed by atoms with E-state index in [2.05, 4.69) is 56.5 Å². The first-order valence-electron chi connectivity index (χ1n) is 15.3. The number of aromatic nitrogens is 1. The number of piperidine rings is 1. The second-order valence-corrected chi connectivity index (χ2v) is 11.8. The van der Waals surface area contributed by atoms with Crippen LogP contribution in [0.25, 0.3) is 0 Å². The quantitative estimate of drug-likeness (QED) is 0.236. The third kappa shape index (κ3) is 6.12. The molecule has 8 nitrogen and oxygen atoms in total. The third-order valence-electron chi connectivity index (χ3n) is 8.96. The van der Waals surface area contributed by atoms with E-state index in [-0.39, 0.29) is 11.7 Å². The lowest BCUT2D eigenvalue weighted by atomic mass is 9.95. The van der Waals surface area contributed by atoms with E-state index in [0.717, 1.165) is 91.4 Å². The first-order valence-corrected chi connectivity index (χ1v) is 15.3. The Balaban J connectivity index is 0.976. The first-order chi connectivity index (χ1) is 21.1. The van der Waals surface area contributed by atoms with E-state index in [0.29, 0.717) is 24.9 Å². The molecular weight excluding hydrogens is 540 g/mol. The molecule has 8 heteroatoms. The van der Waals surface area contributed by atoms with Crippen molar-refractivity contribution in [3.8, 4) is 17.2 Å². The Morgan fingerprint density at radius 2 is 1.84 bits per heavy atom. The smallest absolute Gasteiger partial charge is 0.249 e. The average Bonchev–Trinajstić information content (AvgIpc) is 3.04. The van der Waals surface area contributed by atoms with Crippen LogP contribution in [-0.2, 0) is 17.6 Å². The Morgan fingerprint density at radius 1 is 0.953 bits per heavy atom. The van der Waals surface area contributed by atoms with E-state index in [1.807, 2.05) is 24.3 Å². The van der Waals surface area contributed by atoms with E-state index < -0.39 is 0 Å². The lowest BCUT2D eigenvalue weighted by Gasteiger charge is -2.36. The highest BCUT2D eigenvalue weighted by Gasteiger charge is 2.29. The highest BCUT2D eigenvalue weighted by atomic mass is 16.5. The summed E-state index contributed by atoms with van der Waals surface area (Å²) in [7, 11) is 0. The summed E-state index contributed by atoms with van der Waals surface area (Å²) in [5, 5.41) is 13.8. The molecule has 2 fully saturated rings. The standard InChI is InChI=1S/C35H38N4O4/c40-31-7-2-1-4-24(31)11-15-38-16-12-27(13-17-38)37-28-8-9-32-26(21-28)20-25-5-3-6-30(35(25)43-32)33-23-39(18-19-42-33)29-10-14-36-34(41)22-29/h1-10,14,21-22,27,33,37,40H,11-13,15-20,23H2,(H,36,41). The van der Waals surface area contributed by atoms with Crippen LogP contribution >= 0.6 is 0 Å². The number of pyridine rings is 1. The van der Waals surface area contributed by atoms with Gasteiger partial charge in [0.25, 0.3) is 0 Å². The lowest BCUT2D eigenvalue weighted by Crippen LogP contribution is -2.40.